The third-order valence-corrected chi connectivity index (χ3v) is 5.18. The van der Waals surface area contributed by atoms with Crippen LogP contribution in [-0.4, -0.2) is 33.6 Å². The van der Waals surface area contributed by atoms with Crippen molar-refractivity contribution in [1.82, 2.24) is 14.7 Å². The second-order valence-electron chi connectivity index (χ2n) is 7.18. The molecule has 1 aromatic carbocycles. The number of anilines is 1. The van der Waals surface area contributed by atoms with Crippen LogP contribution in [0.4, 0.5) is 5.69 Å². The lowest BCUT2D eigenvalue weighted by atomic mass is 10.0. The Hall–Kier alpha value is -2.86. The number of hydrogen-bond acceptors (Lipinski definition) is 4. The number of aliphatic hydroxyl groups excluding tert-OH is 1. The molecule has 2 heterocycles. The molecule has 0 aliphatic rings. The Balaban J connectivity index is 1.95. The third-order valence-electron chi connectivity index (χ3n) is 5.18. The summed E-state index contributed by atoms with van der Waals surface area (Å²) in [6.07, 6.45) is 2.36. The van der Waals surface area contributed by atoms with Gasteiger partial charge in [0.05, 0.1) is 16.9 Å². The average molecular weight is 380 g/mol. The lowest BCUT2D eigenvalue weighted by molar-refractivity contribution is 0.0950. The van der Waals surface area contributed by atoms with Crippen molar-refractivity contribution in [1.29, 1.82) is 0 Å². The van der Waals surface area contributed by atoms with Gasteiger partial charge < -0.3 is 20.1 Å². The second-order valence-corrected chi connectivity index (χ2v) is 7.18. The van der Waals surface area contributed by atoms with E-state index >= 15 is 0 Å². The van der Waals surface area contributed by atoms with Gasteiger partial charge in [0.1, 0.15) is 0 Å². The number of imidazole rings is 1. The van der Waals surface area contributed by atoms with Gasteiger partial charge in [-0.25, -0.2) is 4.98 Å². The summed E-state index contributed by atoms with van der Waals surface area (Å²) in [5.41, 5.74) is 7.87. The van der Waals surface area contributed by atoms with Gasteiger partial charge in [0.15, 0.2) is 5.65 Å². The van der Waals surface area contributed by atoms with Gasteiger partial charge in [-0.2, -0.15) is 0 Å². The number of aliphatic hydroxyl groups is 1. The van der Waals surface area contributed by atoms with Gasteiger partial charge in [-0.1, -0.05) is 18.2 Å². The van der Waals surface area contributed by atoms with Gasteiger partial charge in [-0.3, -0.25) is 4.79 Å². The van der Waals surface area contributed by atoms with Gasteiger partial charge in [-0.15, -0.1) is 0 Å². The van der Waals surface area contributed by atoms with Crippen LogP contribution in [-0.2, 0) is 6.54 Å². The number of carbonyl (C=O) groups excluding carboxylic acids is 1. The van der Waals surface area contributed by atoms with Crippen molar-refractivity contribution in [3.05, 3.63) is 64.1 Å². The molecule has 3 aromatic rings. The number of benzene rings is 1. The number of carbonyl (C=O) groups is 1. The van der Waals surface area contributed by atoms with Crippen molar-refractivity contribution >= 4 is 17.2 Å². The number of fused-ring (bicyclic) bond motifs is 1. The molecular weight excluding hydrogens is 352 g/mol. The maximum atomic E-state index is 12.6. The van der Waals surface area contributed by atoms with E-state index < -0.39 is 0 Å². The zero-order chi connectivity index (χ0) is 20.3. The van der Waals surface area contributed by atoms with Crippen LogP contribution in [0, 0.1) is 27.7 Å². The molecule has 1 amide bonds. The molecule has 0 radical (unpaired) electrons. The summed E-state index contributed by atoms with van der Waals surface area (Å²) >= 11 is 0. The molecule has 0 saturated carbocycles. The number of aromatic nitrogens is 2. The molecule has 0 saturated heterocycles. The van der Waals surface area contributed by atoms with Crippen molar-refractivity contribution in [2.45, 2.75) is 40.7 Å². The molecule has 0 atom stereocenters. The Morgan fingerprint density at radius 2 is 1.89 bits per heavy atom. The summed E-state index contributed by atoms with van der Waals surface area (Å²) in [6.45, 7) is 9.34. The van der Waals surface area contributed by atoms with E-state index in [9.17, 15) is 4.79 Å². The highest BCUT2D eigenvalue weighted by molar-refractivity contribution is 5.96. The first-order valence-electron chi connectivity index (χ1n) is 9.59. The number of amides is 1. The van der Waals surface area contributed by atoms with Crippen molar-refractivity contribution in [3.8, 4) is 0 Å². The lowest BCUT2D eigenvalue weighted by Crippen LogP contribution is -2.25. The van der Waals surface area contributed by atoms with Crippen LogP contribution in [0.5, 0.6) is 0 Å². The molecule has 28 heavy (non-hydrogen) atoms. The monoisotopic (exact) mass is 380 g/mol. The summed E-state index contributed by atoms with van der Waals surface area (Å²) in [5.74, 6) is -0.156. The number of hydrogen-bond donors (Lipinski definition) is 3. The highest BCUT2D eigenvalue weighted by Crippen LogP contribution is 2.24. The van der Waals surface area contributed by atoms with Crippen LogP contribution < -0.4 is 10.6 Å². The molecule has 0 bridgehead atoms. The van der Waals surface area contributed by atoms with E-state index in [4.69, 9.17) is 5.11 Å². The largest absolute Gasteiger partial charge is 0.396 e. The minimum atomic E-state index is -0.156. The minimum Gasteiger partial charge on any atom is -0.396 e. The molecule has 0 spiro atoms. The van der Waals surface area contributed by atoms with Crippen molar-refractivity contribution < 1.29 is 9.90 Å². The van der Waals surface area contributed by atoms with Crippen LogP contribution in [0.2, 0.25) is 0 Å². The van der Waals surface area contributed by atoms with Gasteiger partial charge in [0.2, 0.25) is 0 Å². The van der Waals surface area contributed by atoms with Gasteiger partial charge >= 0.3 is 0 Å². The summed E-state index contributed by atoms with van der Waals surface area (Å²) in [6, 6.07) is 8.12. The number of nitrogens with zero attached hydrogens (tertiary/aromatic N) is 2. The number of nitrogens with one attached hydrogen (secondary N) is 2. The Bertz CT molecular complexity index is 987. The molecule has 6 heteroatoms. The fourth-order valence-electron chi connectivity index (χ4n) is 3.32. The van der Waals surface area contributed by atoms with Gasteiger partial charge in [0, 0.05) is 31.6 Å². The zero-order valence-corrected chi connectivity index (χ0v) is 17.0. The smallest absolute Gasteiger partial charge is 0.252 e. The van der Waals surface area contributed by atoms with Crippen LogP contribution in [0.1, 0.15) is 44.9 Å². The predicted octanol–water partition coefficient (Wildman–Crippen LogP) is 3.29. The standard InChI is InChI=1S/C22H28N4O2/c1-14-7-5-8-15(2)19(14)12-24-20-11-18(22(28)23-9-6-10-27)13-26-17(4)16(3)25-21(20)26/h5,7-8,11,13,24,27H,6,9-10,12H2,1-4H3,(H,23,28). The van der Waals surface area contributed by atoms with Crippen LogP contribution >= 0.6 is 0 Å². The highest BCUT2D eigenvalue weighted by Gasteiger charge is 2.15. The van der Waals surface area contributed by atoms with Crippen molar-refractivity contribution in [3.63, 3.8) is 0 Å². The first kappa shape index (κ1) is 19.9. The van der Waals surface area contributed by atoms with Crippen LogP contribution in [0.3, 0.4) is 0 Å². The van der Waals surface area contributed by atoms with E-state index in [1.165, 1.54) is 16.7 Å². The van der Waals surface area contributed by atoms with E-state index in [2.05, 4.69) is 47.7 Å². The molecule has 2 aromatic heterocycles. The molecule has 0 fully saturated rings. The Morgan fingerprint density at radius 3 is 2.57 bits per heavy atom. The predicted molar refractivity (Wildman–Crippen MR) is 112 cm³/mol. The third kappa shape index (κ3) is 4.02. The maximum Gasteiger partial charge on any atom is 0.252 e. The molecule has 0 aliphatic carbocycles. The summed E-state index contributed by atoms with van der Waals surface area (Å²) in [7, 11) is 0. The molecule has 0 unspecified atom stereocenters. The molecule has 3 rings (SSSR count). The number of aryl methyl sites for hydroxylation is 4. The second kappa shape index (κ2) is 8.44. The maximum absolute atomic E-state index is 12.6. The Labute approximate surface area is 165 Å². The number of rotatable bonds is 7. The molecule has 0 aliphatic heterocycles. The fourth-order valence-corrected chi connectivity index (χ4v) is 3.32. The van der Waals surface area contributed by atoms with E-state index in [0.29, 0.717) is 25.1 Å². The summed E-state index contributed by atoms with van der Waals surface area (Å²) in [5, 5.41) is 15.3. The molecule has 3 N–H and O–H groups in total. The topological polar surface area (TPSA) is 78.7 Å². The van der Waals surface area contributed by atoms with E-state index in [1.807, 2.05) is 30.5 Å². The zero-order valence-electron chi connectivity index (χ0n) is 17.0. The summed E-state index contributed by atoms with van der Waals surface area (Å²) < 4.78 is 1.96. The van der Waals surface area contributed by atoms with Crippen molar-refractivity contribution in [2.75, 3.05) is 18.5 Å². The summed E-state index contributed by atoms with van der Waals surface area (Å²) in [4.78, 5) is 17.2. The average Bonchev–Trinajstić information content (AvgIpc) is 2.96. The Morgan fingerprint density at radius 1 is 1.18 bits per heavy atom. The van der Waals surface area contributed by atoms with Gasteiger partial charge in [0.25, 0.3) is 5.91 Å². The first-order valence-corrected chi connectivity index (χ1v) is 9.59. The van der Waals surface area contributed by atoms with Crippen LogP contribution in [0.25, 0.3) is 5.65 Å². The van der Waals surface area contributed by atoms with Crippen molar-refractivity contribution in [2.24, 2.45) is 0 Å². The lowest BCUT2D eigenvalue weighted by Gasteiger charge is -2.14. The molecule has 6 nitrogen and oxygen atoms in total. The SMILES string of the molecule is Cc1cccc(C)c1CNc1cc(C(=O)NCCCO)cn2c(C)c(C)nc12. The number of pyridine rings is 1. The Kier molecular flexibility index (Phi) is 5.99. The highest BCUT2D eigenvalue weighted by atomic mass is 16.3. The minimum absolute atomic E-state index is 0.0573. The fraction of sp³-hybridized carbons (Fsp3) is 0.364. The van der Waals surface area contributed by atoms with Crippen LogP contribution in [0.15, 0.2) is 30.5 Å². The van der Waals surface area contributed by atoms with E-state index in [1.54, 1.807) is 0 Å². The molecule has 148 valence electrons. The quantitative estimate of drug-likeness (QED) is 0.550. The van der Waals surface area contributed by atoms with E-state index in [-0.39, 0.29) is 12.5 Å². The van der Waals surface area contributed by atoms with Gasteiger partial charge in [-0.05, 0) is 56.9 Å². The normalized spacial score (nSPS) is 11.0. The van der Waals surface area contributed by atoms with E-state index in [0.717, 1.165) is 22.7 Å². The molecular formula is C22H28N4O2. The first-order chi connectivity index (χ1) is 13.4.